The van der Waals surface area contributed by atoms with E-state index in [1.165, 1.54) is 5.56 Å². The van der Waals surface area contributed by atoms with E-state index in [-0.39, 0.29) is 0 Å². The normalized spacial score (nSPS) is 19.4. The minimum absolute atomic E-state index is 0.388. The monoisotopic (exact) mass is 237 g/mol. The maximum atomic E-state index is 10.3. The van der Waals surface area contributed by atoms with E-state index in [1.54, 1.807) is 11.8 Å². The quantitative estimate of drug-likeness (QED) is 0.795. The van der Waals surface area contributed by atoms with E-state index in [2.05, 4.69) is 12.1 Å². The van der Waals surface area contributed by atoms with Crippen molar-refractivity contribution < 1.29 is 5.11 Å². The fraction of sp³-hybridized carbons (Fsp3) is 0.538. The number of aliphatic hydroxyl groups is 1. The molecular formula is C13H19NOS. The van der Waals surface area contributed by atoms with E-state index < -0.39 is 5.60 Å². The minimum Gasteiger partial charge on any atom is -0.387 e. The highest BCUT2D eigenvalue weighted by atomic mass is 32.2. The van der Waals surface area contributed by atoms with Gasteiger partial charge in [-0.2, -0.15) is 11.8 Å². The molecule has 0 heterocycles. The van der Waals surface area contributed by atoms with Crippen molar-refractivity contribution in [1.82, 2.24) is 0 Å². The molecule has 0 aromatic heterocycles. The van der Waals surface area contributed by atoms with Gasteiger partial charge in [-0.25, -0.2) is 0 Å². The highest BCUT2D eigenvalue weighted by Crippen LogP contribution is 2.41. The molecule has 0 aliphatic heterocycles. The molecule has 3 heteroatoms. The third kappa shape index (κ3) is 3.00. The molecule has 1 fully saturated rings. The summed E-state index contributed by atoms with van der Waals surface area (Å²) in [6.45, 7) is 0.388. The maximum Gasteiger partial charge on any atom is 0.0887 e. The molecule has 1 aliphatic rings. The van der Waals surface area contributed by atoms with Crippen LogP contribution in [0.4, 0.5) is 0 Å². The van der Waals surface area contributed by atoms with E-state index in [4.69, 9.17) is 5.73 Å². The van der Waals surface area contributed by atoms with Gasteiger partial charge in [-0.15, -0.1) is 0 Å². The van der Waals surface area contributed by atoms with Crippen LogP contribution in [-0.2, 0) is 5.75 Å². The molecule has 2 rings (SSSR count). The van der Waals surface area contributed by atoms with Crippen molar-refractivity contribution >= 4 is 11.8 Å². The molecule has 2 nitrogen and oxygen atoms in total. The molecular weight excluding hydrogens is 218 g/mol. The van der Waals surface area contributed by atoms with Crippen LogP contribution in [0.3, 0.4) is 0 Å². The Morgan fingerprint density at radius 2 is 2.00 bits per heavy atom. The lowest BCUT2D eigenvalue weighted by Crippen LogP contribution is -2.42. The second kappa shape index (κ2) is 5.21. The molecule has 1 aliphatic carbocycles. The predicted octanol–water partition coefficient (Wildman–Crippen LogP) is 2.02. The van der Waals surface area contributed by atoms with E-state index >= 15 is 0 Å². The second-order valence-electron chi connectivity index (χ2n) is 4.56. The molecule has 16 heavy (non-hydrogen) atoms. The number of rotatable bonds is 6. The fourth-order valence-corrected chi connectivity index (χ4v) is 3.12. The van der Waals surface area contributed by atoms with Gasteiger partial charge in [-0.3, -0.25) is 0 Å². The van der Waals surface area contributed by atoms with Crippen LogP contribution in [-0.4, -0.2) is 23.0 Å². The number of hydrogen-bond donors (Lipinski definition) is 2. The van der Waals surface area contributed by atoms with Crippen LogP contribution in [0.5, 0.6) is 0 Å². The van der Waals surface area contributed by atoms with E-state index in [9.17, 15) is 5.11 Å². The number of benzene rings is 1. The van der Waals surface area contributed by atoms with Gasteiger partial charge in [-0.05, 0) is 24.3 Å². The summed E-state index contributed by atoms with van der Waals surface area (Å²) >= 11 is 1.78. The summed E-state index contributed by atoms with van der Waals surface area (Å²) in [5.74, 6) is 2.15. The van der Waals surface area contributed by atoms with Gasteiger partial charge in [0.1, 0.15) is 0 Å². The topological polar surface area (TPSA) is 46.2 Å². The zero-order valence-corrected chi connectivity index (χ0v) is 10.2. The van der Waals surface area contributed by atoms with Gasteiger partial charge in [0, 0.05) is 18.1 Å². The first-order valence-corrected chi connectivity index (χ1v) is 6.94. The number of nitrogens with two attached hydrogens (primary N) is 1. The average Bonchev–Trinajstić information content (AvgIpc) is 3.14. The van der Waals surface area contributed by atoms with Gasteiger partial charge in [0.15, 0.2) is 0 Å². The number of hydrogen-bond acceptors (Lipinski definition) is 3. The zero-order valence-electron chi connectivity index (χ0n) is 9.43. The fourth-order valence-electron chi connectivity index (χ4n) is 1.88. The molecule has 1 unspecified atom stereocenters. The van der Waals surface area contributed by atoms with Crippen LogP contribution in [0, 0.1) is 5.92 Å². The summed E-state index contributed by atoms with van der Waals surface area (Å²) in [7, 11) is 0. The molecule has 3 N–H and O–H groups in total. The Labute approximate surface area is 101 Å². The Hall–Kier alpha value is -0.510. The van der Waals surface area contributed by atoms with Crippen LogP contribution in [0.1, 0.15) is 18.4 Å². The molecule has 0 saturated heterocycles. The first-order valence-electron chi connectivity index (χ1n) is 5.79. The highest BCUT2D eigenvalue weighted by molar-refractivity contribution is 7.98. The summed E-state index contributed by atoms with van der Waals surface area (Å²) in [5.41, 5.74) is 6.35. The van der Waals surface area contributed by atoms with Gasteiger partial charge >= 0.3 is 0 Å². The molecule has 0 spiro atoms. The Morgan fingerprint density at radius 1 is 1.31 bits per heavy atom. The molecule has 1 aromatic rings. The van der Waals surface area contributed by atoms with E-state index in [0.29, 0.717) is 12.5 Å². The van der Waals surface area contributed by atoms with Crippen molar-refractivity contribution in [3.8, 4) is 0 Å². The average molecular weight is 237 g/mol. The predicted molar refractivity (Wildman–Crippen MR) is 69.3 cm³/mol. The molecule has 1 atom stereocenters. The summed E-state index contributed by atoms with van der Waals surface area (Å²) in [6.07, 6.45) is 2.28. The Bertz CT molecular complexity index is 326. The van der Waals surface area contributed by atoms with Crippen molar-refractivity contribution in [1.29, 1.82) is 0 Å². The summed E-state index contributed by atoms with van der Waals surface area (Å²) in [6, 6.07) is 10.4. The smallest absolute Gasteiger partial charge is 0.0887 e. The number of thioether (sulfide) groups is 1. The van der Waals surface area contributed by atoms with Crippen LogP contribution in [0.2, 0.25) is 0 Å². The third-order valence-corrected chi connectivity index (χ3v) is 4.40. The highest BCUT2D eigenvalue weighted by Gasteiger charge is 2.42. The van der Waals surface area contributed by atoms with Gasteiger partial charge in [0.2, 0.25) is 0 Å². The van der Waals surface area contributed by atoms with E-state index in [0.717, 1.165) is 24.3 Å². The molecule has 0 radical (unpaired) electrons. The zero-order chi connectivity index (χ0) is 11.4. The van der Waals surface area contributed by atoms with Crippen molar-refractivity contribution in [2.45, 2.75) is 24.2 Å². The summed E-state index contributed by atoms with van der Waals surface area (Å²) in [5, 5.41) is 10.3. The largest absolute Gasteiger partial charge is 0.387 e. The lowest BCUT2D eigenvalue weighted by atomic mass is 10.0. The lowest BCUT2D eigenvalue weighted by Gasteiger charge is -2.25. The molecule has 88 valence electrons. The van der Waals surface area contributed by atoms with Crippen LogP contribution in [0.15, 0.2) is 30.3 Å². The van der Waals surface area contributed by atoms with Crippen molar-refractivity contribution in [3.05, 3.63) is 35.9 Å². The van der Waals surface area contributed by atoms with Gasteiger partial charge in [0.05, 0.1) is 5.60 Å². The lowest BCUT2D eigenvalue weighted by molar-refractivity contribution is 0.0510. The molecule has 0 amide bonds. The summed E-state index contributed by atoms with van der Waals surface area (Å²) < 4.78 is 0. The van der Waals surface area contributed by atoms with Crippen LogP contribution in [0.25, 0.3) is 0 Å². The minimum atomic E-state index is -0.626. The van der Waals surface area contributed by atoms with Gasteiger partial charge < -0.3 is 10.8 Å². The molecule has 0 bridgehead atoms. The van der Waals surface area contributed by atoms with Crippen LogP contribution < -0.4 is 5.73 Å². The SMILES string of the molecule is NCC(O)(CSCc1ccccc1)C1CC1. The van der Waals surface area contributed by atoms with Crippen molar-refractivity contribution in [2.24, 2.45) is 11.7 Å². The van der Waals surface area contributed by atoms with Crippen LogP contribution >= 0.6 is 11.8 Å². The van der Waals surface area contributed by atoms with Gasteiger partial charge in [-0.1, -0.05) is 30.3 Å². The van der Waals surface area contributed by atoms with Gasteiger partial charge in [0.25, 0.3) is 0 Å². The maximum absolute atomic E-state index is 10.3. The first-order chi connectivity index (χ1) is 7.74. The molecule has 1 aromatic carbocycles. The Morgan fingerprint density at radius 3 is 2.56 bits per heavy atom. The van der Waals surface area contributed by atoms with Crippen molar-refractivity contribution in [2.75, 3.05) is 12.3 Å². The first kappa shape index (κ1) is 12.0. The third-order valence-electron chi connectivity index (χ3n) is 3.15. The van der Waals surface area contributed by atoms with Crippen molar-refractivity contribution in [3.63, 3.8) is 0 Å². The Kier molecular flexibility index (Phi) is 3.90. The van der Waals surface area contributed by atoms with E-state index in [1.807, 2.05) is 18.2 Å². The second-order valence-corrected chi connectivity index (χ2v) is 5.55. The Balaban J connectivity index is 1.79. The standard InChI is InChI=1S/C13H19NOS/c14-9-13(15,12-6-7-12)10-16-8-11-4-2-1-3-5-11/h1-5,12,15H,6-10,14H2. The summed E-state index contributed by atoms with van der Waals surface area (Å²) in [4.78, 5) is 0. The molecule has 1 saturated carbocycles.